The molecule has 1 unspecified atom stereocenters. The molecule has 0 N–H and O–H groups in total. The lowest BCUT2D eigenvalue weighted by Crippen LogP contribution is -2.19. The first-order valence-electron chi connectivity index (χ1n) is 5.55. The van der Waals surface area contributed by atoms with Gasteiger partial charge in [-0.05, 0) is 18.9 Å². The molecule has 0 aliphatic heterocycles. The first-order valence-corrected chi connectivity index (χ1v) is 6.67. The Kier molecular flexibility index (Phi) is 6.55. The van der Waals surface area contributed by atoms with Crippen LogP contribution in [0, 0.1) is 0 Å². The fourth-order valence-electron chi connectivity index (χ4n) is 1.15. The van der Waals surface area contributed by atoms with Crippen LogP contribution in [-0.4, -0.2) is 30.2 Å². The molecule has 0 aromatic heterocycles. The summed E-state index contributed by atoms with van der Waals surface area (Å²) in [5.41, 5.74) is 0.979. The van der Waals surface area contributed by atoms with E-state index in [0.717, 1.165) is 17.3 Å². The zero-order chi connectivity index (χ0) is 12.5. The first kappa shape index (κ1) is 13.9. The van der Waals surface area contributed by atoms with E-state index in [0.29, 0.717) is 6.61 Å². The van der Waals surface area contributed by atoms with Gasteiger partial charge in [-0.1, -0.05) is 46.3 Å². The van der Waals surface area contributed by atoms with Gasteiger partial charge < -0.3 is 4.74 Å². The minimum Gasteiger partial charge on any atom is -0.464 e. The number of halogens is 1. The van der Waals surface area contributed by atoms with Crippen molar-refractivity contribution in [1.29, 1.82) is 0 Å². The molecule has 0 aliphatic rings. The zero-order valence-electron chi connectivity index (χ0n) is 9.80. The van der Waals surface area contributed by atoms with Gasteiger partial charge in [0.2, 0.25) is 0 Å². The lowest BCUT2D eigenvalue weighted by molar-refractivity contribution is -0.144. The number of ether oxygens (including phenoxy) is 1. The van der Waals surface area contributed by atoms with E-state index in [-0.39, 0.29) is 5.97 Å². The van der Waals surface area contributed by atoms with Crippen molar-refractivity contribution < 1.29 is 9.53 Å². The molecular weight excluding hydrogens is 282 g/mol. The van der Waals surface area contributed by atoms with Crippen LogP contribution in [-0.2, 0) is 9.53 Å². The van der Waals surface area contributed by atoms with Gasteiger partial charge >= 0.3 is 5.97 Å². The molecule has 0 heterocycles. The molecule has 0 fully saturated rings. The van der Waals surface area contributed by atoms with Crippen LogP contribution in [0.1, 0.15) is 18.9 Å². The van der Waals surface area contributed by atoms with Gasteiger partial charge in [0.1, 0.15) is 6.04 Å². The predicted molar refractivity (Wildman–Crippen MR) is 72.9 cm³/mol. The molecule has 0 amide bonds. The molecule has 17 heavy (non-hydrogen) atoms. The summed E-state index contributed by atoms with van der Waals surface area (Å²) < 4.78 is 5.05. The quantitative estimate of drug-likeness (QED) is 0.350. The smallest absolute Gasteiger partial charge is 0.330 e. The Balaban J connectivity index is 2.40. The highest BCUT2D eigenvalue weighted by atomic mass is 79.9. The zero-order valence-corrected chi connectivity index (χ0v) is 11.4. The Labute approximate surface area is 110 Å². The summed E-state index contributed by atoms with van der Waals surface area (Å²) in [6, 6.07) is 9.22. The Morgan fingerprint density at radius 3 is 2.82 bits per heavy atom. The van der Waals surface area contributed by atoms with Crippen LogP contribution >= 0.6 is 15.9 Å². The number of hydrogen-bond donors (Lipinski definition) is 0. The van der Waals surface area contributed by atoms with E-state index in [1.54, 1.807) is 13.1 Å². The predicted octanol–water partition coefficient (Wildman–Crippen LogP) is 2.82. The standard InChI is InChI=1S/C13H16BrNO2/c1-11(13(16)17-9-5-8-14)15-10-12-6-3-2-4-7-12/h2-4,6-7,10-11H,5,8-9H2,1H3. The fourth-order valence-corrected chi connectivity index (χ4v) is 1.37. The molecule has 0 radical (unpaired) electrons. The van der Waals surface area contributed by atoms with Crippen molar-refractivity contribution in [3.05, 3.63) is 35.9 Å². The van der Waals surface area contributed by atoms with Gasteiger partial charge in [-0.2, -0.15) is 0 Å². The maximum absolute atomic E-state index is 11.5. The molecule has 4 heteroatoms. The SMILES string of the molecule is CC(N=Cc1ccccc1)C(=O)OCCCBr. The van der Waals surface area contributed by atoms with Crippen LogP contribution < -0.4 is 0 Å². The maximum Gasteiger partial charge on any atom is 0.330 e. The summed E-state index contributed by atoms with van der Waals surface area (Å²) >= 11 is 3.28. The molecular formula is C13H16BrNO2. The van der Waals surface area contributed by atoms with E-state index in [1.807, 2.05) is 30.3 Å². The Morgan fingerprint density at radius 1 is 1.47 bits per heavy atom. The fraction of sp³-hybridized carbons (Fsp3) is 0.385. The highest BCUT2D eigenvalue weighted by molar-refractivity contribution is 9.09. The monoisotopic (exact) mass is 297 g/mol. The van der Waals surface area contributed by atoms with Crippen molar-refractivity contribution in [1.82, 2.24) is 0 Å². The molecule has 0 bridgehead atoms. The average molecular weight is 298 g/mol. The number of carbonyl (C=O) groups excluding carboxylic acids is 1. The lowest BCUT2D eigenvalue weighted by Gasteiger charge is -2.06. The molecule has 0 aliphatic carbocycles. The molecule has 3 nitrogen and oxygen atoms in total. The number of nitrogens with zero attached hydrogens (tertiary/aromatic N) is 1. The number of benzene rings is 1. The number of rotatable bonds is 6. The second-order valence-electron chi connectivity index (χ2n) is 3.57. The van der Waals surface area contributed by atoms with Gasteiger partial charge in [0, 0.05) is 11.5 Å². The molecule has 0 saturated carbocycles. The Hall–Kier alpha value is -1.16. The van der Waals surface area contributed by atoms with Crippen LogP contribution in [0.3, 0.4) is 0 Å². The molecule has 1 atom stereocenters. The molecule has 92 valence electrons. The Morgan fingerprint density at radius 2 is 2.18 bits per heavy atom. The number of hydrogen-bond acceptors (Lipinski definition) is 3. The number of carbonyl (C=O) groups is 1. The second kappa shape index (κ2) is 8.01. The number of alkyl halides is 1. The van der Waals surface area contributed by atoms with Crippen molar-refractivity contribution in [3.8, 4) is 0 Å². The first-order chi connectivity index (χ1) is 8.24. The Bertz CT molecular complexity index is 365. The van der Waals surface area contributed by atoms with E-state index in [9.17, 15) is 4.79 Å². The molecule has 1 aromatic rings. The van der Waals surface area contributed by atoms with Crippen LogP contribution in [0.5, 0.6) is 0 Å². The maximum atomic E-state index is 11.5. The van der Waals surface area contributed by atoms with E-state index in [1.165, 1.54) is 0 Å². The molecule has 1 rings (SSSR count). The third-order valence-electron chi connectivity index (χ3n) is 2.11. The average Bonchev–Trinajstić information content (AvgIpc) is 2.37. The highest BCUT2D eigenvalue weighted by Gasteiger charge is 2.11. The summed E-state index contributed by atoms with van der Waals surface area (Å²) in [5.74, 6) is -0.280. The summed E-state index contributed by atoms with van der Waals surface area (Å²) in [6.07, 6.45) is 2.51. The van der Waals surface area contributed by atoms with Gasteiger partial charge in [-0.15, -0.1) is 0 Å². The number of esters is 1. The minimum absolute atomic E-state index is 0.280. The summed E-state index contributed by atoms with van der Waals surface area (Å²) in [5, 5.41) is 0.835. The third kappa shape index (κ3) is 5.63. The highest BCUT2D eigenvalue weighted by Crippen LogP contribution is 1.99. The second-order valence-corrected chi connectivity index (χ2v) is 4.37. The van der Waals surface area contributed by atoms with Crippen LogP contribution in [0.25, 0.3) is 0 Å². The molecule has 0 spiro atoms. The van der Waals surface area contributed by atoms with Crippen LogP contribution in [0.15, 0.2) is 35.3 Å². The summed E-state index contributed by atoms with van der Waals surface area (Å²) in [6.45, 7) is 2.17. The van der Waals surface area contributed by atoms with Gasteiger partial charge in [0.15, 0.2) is 0 Å². The number of aliphatic imine (C=N–C) groups is 1. The van der Waals surface area contributed by atoms with Crippen LogP contribution in [0.4, 0.5) is 0 Å². The molecule has 1 aromatic carbocycles. The normalized spacial score (nSPS) is 12.6. The van der Waals surface area contributed by atoms with E-state index < -0.39 is 6.04 Å². The van der Waals surface area contributed by atoms with Crippen molar-refractivity contribution in [3.63, 3.8) is 0 Å². The third-order valence-corrected chi connectivity index (χ3v) is 2.67. The van der Waals surface area contributed by atoms with Crippen molar-refractivity contribution in [2.75, 3.05) is 11.9 Å². The van der Waals surface area contributed by atoms with Gasteiger partial charge in [-0.25, -0.2) is 4.79 Å². The van der Waals surface area contributed by atoms with Crippen molar-refractivity contribution in [2.24, 2.45) is 4.99 Å². The van der Waals surface area contributed by atoms with Gasteiger partial charge in [-0.3, -0.25) is 4.99 Å². The van der Waals surface area contributed by atoms with Gasteiger partial charge in [0.25, 0.3) is 0 Å². The van der Waals surface area contributed by atoms with Crippen LogP contribution in [0.2, 0.25) is 0 Å². The summed E-state index contributed by atoms with van der Waals surface area (Å²) in [7, 11) is 0. The van der Waals surface area contributed by atoms with E-state index in [4.69, 9.17) is 4.74 Å². The van der Waals surface area contributed by atoms with E-state index >= 15 is 0 Å². The van der Waals surface area contributed by atoms with Crippen molar-refractivity contribution >= 4 is 28.1 Å². The van der Waals surface area contributed by atoms with Crippen molar-refractivity contribution in [2.45, 2.75) is 19.4 Å². The topological polar surface area (TPSA) is 38.7 Å². The summed E-state index contributed by atoms with van der Waals surface area (Å²) in [4.78, 5) is 15.6. The minimum atomic E-state index is -0.453. The van der Waals surface area contributed by atoms with Gasteiger partial charge in [0.05, 0.1) is 6.61 Å². The largest absolute Gasteiger partial charge is 0.464 e. The van der Waals surface area contributed by atoms with E-state index in [2.05, 4.69) is 20.9 Å². The molecule has 0 saturated heterocycles. The lowest BCUT2D eigenvalue weighted by atomic mass is 10.2.